The zero-order valence-corrected chi connectivity index (χ0v) is 14.6. The minimum absolute atomic E-state index is 0.0945. The van der Waals surface area contributed by atoms with Crippen LogP contribution in [0.4, 0.5) is 0 Å². The summed E-state index contributed by atoms with van der Waals surface area (Å²) in [5.41, 5.74) is 2.24. The molecule has 1 heterocycles. The molecule has 0 saturated heterocycles. The van der Waals surface area contributed by atoms with Gasteiger partial charge in [0.25, 0.3) is 0 Å². The second-order valence-corrected chi connectivity index (χ2v) is 6.98. The second kappa shape index (κ2) is 6.62. The van der Waals surface area contributed by atoms with E-state index < -0.39 is 0 Å². The molecule has 21 heavy (non-hydrogen) atoms. The number of nitrogens with one attached hydrogen (secondary N) is 1. The maximum Gasteiger partial charge on any atom is 0.124 e. The van der Waals surface area contributed by atoms with E-state index >= 15 is 0 Å². The lowest BCUT2D eigenvalue weighted by Gasteiger charge is -2.19. The SMILES string of the molecule is COc1ccc(Br)cc1Cn1ccc(CNC(C)(C)C)n1. The van der Waals surface area contributed by atoms with Gasteiger partial charge in [-0.15, -0.1) is 0 Å². The van der Waals surface area contributed by atoms with E-state index in [4.69, 9.17) is 4.74 Å². The number of methoxy groups -OCH3 is 1. The number of nitrogens with zero attached hydrogens (tertiary/aromatic N) is 2. The van der Waals surface area contributed by atoms with E-state index in [-0.39, 0.29) is 5.54 Å². The van der Waals surface area contributed by atoms with Crippen molar-refractivity contribution in [3.05, 3.63) is 46.2 Å². The fraction of sp³-hybridized carbons (Fsp3) is 0.438. The molecule has 1 aromatic carbocycles. The van der Waals surface area contributed by atoms with Gasteiger partial charge in [-0.25, -0.2) is 0 Å². The van der Waals surface area contributed by atoms with Gasteiger partial charge in [0.15, 0.2) is 0 Å². The highest BCUT2D eigenvalue weighted by molar-refractivity contribution is 9.10. The number of ether oxygens (including phenoxy) is 1. The Morgan fingerprint density at radius 1 is 1.29 bits per heavy atom. The lowest BCUT2D eigenvalue weighted by atomic mass is 10.1. The molecule has 2 aromatic rings. The molecule has 0 bridgehead atoms. The van der Waals surface area contributed by atoms with Gasteiger partial charge in [0.05, 0.1) is 19.3 Å². The molecular formula is C16H22BrN3O. The van der Waals surface area contributed by atoms with Crippen molar-refractivity contribution in [2.24, 2.45) is 0 Å². The number of rotatable bonds is 5. The Balaban J connectivity index is 2.07. The van der Waals surface area contributed by atoms with Gasteiger partial charge in [0.2, 0.25) is 0 Å². The number of hydrogen-bond acceptors (Lipinski definition) is 3. The molecule has 0 radical (unpaired) electrons. The van der Waals surface area contributed by atoms with Crippen molar-refractivity contribution < 1.29 is 4.74 Å². The van der Waals surface area contributed by atoms with Gasteiger partial charge in [-0.3, -0.25) is 4.68 Å². The lowest BCUT2D eigenvalue weighted by molar-refractivity contribution is 0.406. The summed E-state index contributed by atoms with van der Waals surface area (Å²) >= 11 is 3.50. The monoisotopic (exact) mass is 351 g/mol. The topological polar surface area (TPSA) is 39.1 Å². The Labute approximate surface area is 134 Å². The molecule has 0 unspecified atom stereocenters. The Bertz CT molecular complexity index is 602. The first kappa shape index (κ1) is 16.0. The van der Waals surface area contributed by atoms with E-state index in [1.54, 1.807) is 7.11 Å². The second-order valence-electron chi connectivity index (χ2n) is 6.06. The summed E-state index contributed by atoms with van der Waals surface area (Å²) in [5.74, 6) is 0.878. The predicted molar refractivity (Wildman–Crippen MR) is 88.6 cm³/mol. The molecule has 0 saturated carbocycles. The van der Waals surface area contributed by atoms with Crippen LogP contribution < -0.4 is 10.1 Å². The standard InChI is InChI=1S/C16H22BrN3O/c1-16(2,3)18-10-14-7-8-20(19-14)11-12-9-13(17)5-6-15(12)21-4/h5-9,18H,10-11H2,1-4H3. The highest BCUT2D eigenvalue weighted by Crippen LogP contribution is 2.23. The van der Waals surface area contributed by atoms with E-state index in [1.807, 2.05) is 29.1 Å². The highest BCUT2D eigenvalue weighted by atomic mass is 79.9. The van der Waals surface area contributed by atoms with Crippen LogP contribution in [0, 0.1) is 0 Å². The molecule has 0 spiro atoms. The van der Waals surface area contributed by atoms with Gasteiger partial charge >= 0.3 is 0 Å². The first-order valence-corrected chi connectivity index (χ1v) is 7.76. The summed E-state index contributed by atoms with van der Waals surface area (Å²) in [5, 5.41) is 8.04. The number of halogens is 1. The molecule has 0 atom stereocenters. The molecule has 2 rings (SSSR count). The maximum absolute atomic E-state index is 5.40. The number of hydrogen-bond donors (Lipinski definition) is 1. The fourth-order valence-corrected chi connectivity index (χ4v) is 2.40. The van der Waals surface area contributed by atoms with Gasteiger partial charge < -0.3 is 10.1 Å². The third-order valence-corrected chi connectivity index (χ3v) is 3.56. The normalized spacial score (nSPS) is 11.7. The minimum Gasteiger partial charge on any atom is -0.496 e. The van der Waals surface area contributed by atoms with Gasteiger partial charge in [-0.05, 0) is 45.0 Å². The first-order valence-electron chi connectivity index (χ1n) is 6.97. The molecule has 0 aliphatic rings. The lowest BCUT2D eigenvalue weighted by Crippen LogP contribution is -2.35. The van der Waals surface area contributed by atoms with Crippen LogP contribution in [0.3, 0.4) is 0 Å². The Morgan fingerprint density at radius 3 is 2.71 bits per heavy atom. The summed E-state index contributed by atoms with van der Waals surface area (Å²) < 4.78 is 8.37. The van der Waals surface area contributed by atoms with Crippen molar-refractivity contribution in [1.29, 1.82) is 0 Å². The van der Waals surface area contributed by atoms with E-state index in [0.717, 1.165) is 28.0 Å². The Morgan fingerprint density at radius 2 is 2.05 bits per heavy atom. The van der Waals surface area contributed by atoms with Crippen LogP contribution >= 0.6 is 15.9 Å². The van der Waals surface area contributed by atoms with Crippen LogP contribution in [0.25, 0.3) is 0 Å². The average molecular weight is 352 g/mol. The van der Waals surface area contributed by atoms with Crippen molar-refractivity contribution in [2.45, 2.75) is 39.4 Å². The molecular weight excluding hydrogens is 330 g/mol. The van der Waals surface area contributed by atoms with Crippen molar-refractivity contribution in [3.63, 3.8) is 0 Å². The molecule has 0 amide bonds. The third kappa shape index (κ3) is 4.86. The van der Waals surface area contributed by atoms with E-state index in [0.29, 0.717) is 6.54 Å². The van der Waals surface area contributed by atoms with E-state index in [1.165, 1.54) is 0 Å². The zero-order valence-electron chi connectivity index (χ0n) is 13.0. The summed E-state index contributed by atoms with van der Waals surface area (Å²) in [7, 11) is 1.69. The van der Waals surface area contributed by atoms with Crippen LogP contribution in [0.2, 0.25) is 0 Å². The summed E-state index contributed by atoms with van der Waals surface area (Å²) in [6.45, 7) is 7.91. The smallest absolute Gasteiger partial charge is 0.124 e. The van der Waals surface area contributed by atoms with Crippen LogP contribution in [-0.2, 0) is 13.1 Å². The summed E-state index contributed by atoms with van der Waals surface area (Å²) in [6.07, 6.45) is 2.00. The Kier molecular flexibility index (Phi) is 5.06. The van der Waals surface area contributed by atoms with Gasteiger partial charge in [-0.2, -0.15) is 5.10 Å². The quantitative estimate of drug-likeness (QED) is 0.894. The molecule has 114 valence electrons. The summed E-state index contributed by atoms with van der Waals surface area (Å²) in [4.78, 5) is 0. The van der Waals surface area contributed by atoms with Crippen LogP contribution in [0.5, 0.6) is 5.75 Å². The Hall–Kier alpha value is -1.33. The van der Waals surface area contributed by atoms with Crippen molar-refractivity contribution >= 4 is 15.9 Å². The van der Waals surface area contributed by atoms with Crippen molar-refractivity contribution in [2.75, 3.05) is 7.11 Å². The van der Waals surface area contributed by atoms with Crippen molar-refractivity contribution in [3.8, 4) is 5.75 Å². The largest absolute Gasteiger partial charge is 0.496 e. The van der Waals surface area contributed by atoms with Crippen molar-refractivity contribution in [1.82, 2.24) is 15.1 Å². The van der Waals surface area contributed by atoms with Gasteiger partial charge in [-0.1, -0.05) is 15.9 Å². The minimum atomic E-state index is 0.0945. The fourth-order valence-electron chi connectivity index (χ4n) is 1.99. The predicted octanol–water partition coefficient (Wildman–Crippen LogP) is 3.59. The van der Waals surface area contributed by atoms with E-state index in [2.05, 4.69) is 53.2 Å². The van der Waals surface area contributed by atoms with Crippen LogP contribution in [0.1, 0.15) is 32.0 Å². The van der Waals surface area contributed by atoms with E-state index in [9.17, 15) is 0 Å². The summed E-state index contributed by atoms with van der Waals surface area (Å²) in [6, 6.07) is 8.05. The van der Waals surface area contributed by atoms with Gasteiger partial charge in [0, 0.05) is 28.3 Å². The molecule has 5 heteroatoms. The third-order valence-electron chi connectivity index (χ3n) is 3.07. The first-order chi connectivity index (χ1) is 9.87. The molecule has 4 nitrogen and oxygen atoms in total. The molecule has 0 aliphatic carbocycles. The number of benzene rings is 1. The maximum atomic E-state index is 5.40. The zero-order chi connectivity index (χ0) is 15.5. The van der Waals surface area contributed by atoms with Crippen LogP contribution in [-0.4, -0.2) is 22.4 Å². The van der Waals surface area contributed by atoms with Crippen LogP contribution in [0.15, 0.2) is 34.9 Å². The highest BCUT2D eigenvalue weighted by Gasteiger charge is 2.10. The number of aromatic nitrogens is 2. The molecule has 1 aromatic heterocycles. The molecule has 0 fully saturated rings. The average Bonchev–Trinajstić information content (AvgIpc) is 2.84. The molecule has 0 aliphatic heterocycles. The molecule has 1 N–H and O–H groups in total. The van der Waals surface area contributed by atoms with Gasteiger partial charge in [0.1, 0.15) is 5.75 Å².